The van der Waals surface area contributed by atoms with Crippen LogP contribution in [-0.2, 0) is 5.41 Å². The topological polar surface area (TPSA) is 9.86 Å². The van der Waals surface area contributed by atoms with Gasteiger partial charge in [-0.2, -0.15) is 0 Å². The van der Waals surface area contributed by atoms with Gasteiger partial charge in [0.05, 0.1) is 22.1 Å². The average Bonchev–Trinajstić information content (AvgIpc) is 3.61. The third-order valence-corrected chi connectivity index (χ3v) is 9.30. The minimum Gasteiger partial charge on any atom is -0.309 e. The second-order valence-corrected chi connectivity index (χ2v) is 11.8. The fourth-order valence-electron chi connectivity index (χ4n) is 7.53. The molecule has 2 nitrogen and oxygen atoms in total. The standard InChI is InChI=1S/C39H28N2/c1-39(2)33-15-7-3-11-27(33)31-23-24-32-30-14-6-10-18-36(30)41(38(32)37(31)39)26-21-19-25(20-22-26)40-34-16-8-4-12-28(34)29-13-5-9-17-35(29)40/h3-24H,1-2H3. The summed E-state index contributed by atoms with van der Waals surface area (Å²) in [5, 5.41) is 5.18. The smallest absolute Gasteiger partial charge is 0.0588 e. The number of benzene rings is 6. The van der Waals surface area contributed by atoms with Gasteiger partial charge in [-0.1, -0.05) is 105 Å². The third-order valence-electron chi connectivity index (χ3n) is 9.30. The summed E-state index contributed by atoms with van der Waals surface area (Å²) in [6.45, 7) is 4.76. The summed E-state index contributed by atoms with van der Waals surface area (Å²) in [6, 6.07) is 49.0. The Morgan fingerprint density at radius 1 is 0.415 bits per heavy atom. The lowest BCUT2D eigenvalue weighted by Gasteiger charge is -2.23. The van der Waals surface area contributed by atoms with E-state index in [-0.39, 0.29) is 5.41 Å². The maximum atomic E-state index is 2.49. The molecular weight excluding hydrogens is 496 g/mol. The molecule has 0 atom stereocenters. The van der Waals surface area contributed by atoms with Crippen LogP contribution in [-0.4, -0.2) is 9.13 Å². The van der Waals surface area contributed by atoms with Gasteiger partial charge >= 0.3 is 0 Å². The molecule has 0 radical (unpaired) electrons. The van der Waals surface area contributed by atoms with Gasteiger partial charge in [0.25, 0.3) is 0 Å². The summed E-state index contributed by atoms with van der Waals surface area (Å²) in [5.74, 6) is 0. The van der Waals surface area contributed by atoms with E-state index in [1.807, 2.05) is 0 Å². The molecule has 0 spiro atoms. The Balaban J connectivity index is 1.32. The molecule has 0 unspecified atom stereocenters. The van der Waals surface area contributed by atoms with Crippen molar-refractivity contribution in [1.82, 2.24) is 9.13 Å². The van der Waals surface area contributed by atoms with Crippen molar-refractivity contribution in [2.24, 2.45) is 0 Å². The minimum atomic E-state index is -0.0968. The van der Waals surface area contributed by atoms with Crippen molar-refractivity contribution in [2.75, 3.05) is 0 Å². The van der Waals surface area contributed by atoms with E-state index in [0.717, 1.165) is 0 Å². The summed E-state index contributed by atoms with van der Waals surface area (Å²) in [4.78, 5) is 0. The Morgan fingerprint density at radius 2 is 0.902 bits per heavy atom. The van der Waals surface area contributed by atoms with Crippen LogP contribution in [0.15, 0.2) is 133 Å². The van der Waals surface area contributed by atoms with Gasteiger partial charge in [-0.25, -0.2) is 0 Å². The van der Waals surface area contributed by atoms with Gasteiger partial charge in [0, 0.05) is 38.3 Å². The Bertz CT molecular complexity index is 2270. The monoisotopic (exact) mass is 524 g/mol. The first-order chi connectivity index (χ1) is 20.1. The molecule has 2 aromatic heterocycles. The summed E-state index contributed by atoms with van der Waals surface area (Å²) in [7, 11) is 0. The summed E-state index contributed by atoms with van der Waals surface area (Å²) >= 11 is 0. The molecule has 8 aromatic rings. The molecule has 1 aliphatic carbocycles. The van der Waals surface area contributed by atoms with Crippen LogP contribution in [0, 0.1) is 0 Å². The normalized spacial score (nSPS) is 13.8. The van der Waals surface area contributed by atoms with E-state index in [1.54, 1.807) is 0 Å². The van der Waals surface area contributed by atoms with E-state index in [4.69, 9.17) is 0 Å². The quantitative estimate of drug-likeness (QED) is 0.213. The molecule has 0 saturated heterocycles. The Hall–Kier alpha value is -5.08. The lowest BCUT2D eigenvalue weighted by molar-refractivity contribution is 0.664. The first kappa shape index (κ1) is 22.7. The highest BCUT2D eigenvalue weighted by atomic mass is 15.0. The van der Waals surface area contributed by atoms with Crippen LogP contribution in [0.5, 0.6) is 0 Å². The van der Waals surface area contributed by atoms with Crippen LogP contribution in [0.2, 0.25) is 0 Å². The zero-order valence-electron chi connectivity index (χ0n) is 23.1. The number of hydrogen-bond donors (Lipinski definition) is 0. The van der Waals surface area contributed by atoms with Gasteiger partial charge in [-0.15, -0.1) is 0 Å². The Kier molecular flexibility index (Phi) is 4.42. The molecule has 9 rings (SSSR count). The zero-order valence-corrected chi connectivity index (χ0v) is 23.1. The Labute approximate surface area is 238 Å². The molecule has 0 bridgehead atoms. The van der Waals surface area contributed by atoms with Crippen molar-refractivity contribution in [1.29, 1.82) is 0 Å². The molecule has 41 heavy (non-hydrogen) atoms. The largest absolute Gasteiger partial charge is 0.309 e. The van der Waals surface area contributed by atoms with Crippen LogP contribution >= 0.6 is 0 Å². The first-order valence-electron chi connectivity index (χ1n) is 14.4. The van der Waals surface area contributed by atoms with Gasteiger partial charge in [-0.3, -0.25) is 0 Å². The van der Waals surface area contributed by atoms with Gasteiger partial charge in [-0.05, 0) is 64.7 Å². The summed E-state index contributed by atoms with van der Waals surface area (Å²) in [6.07, 6.45) is 0. The molecule has 6 aromatic carbocycles. The van der Waals surface area contributed by atoms with E-state index < -0.39 is 0 Å². The lowest BCUT2D eigenvalue weighted by atomic mass is 9.81. The van der Waals surface area contributed by atoms with Gasteiger partial charge < -0.3 is 9.13 Å². The maximum Gasteiger partial charge on any atom is 0.0588 e. The summed E-state index contributed by atoms with van der Waals surface area (Å²) < 4.78 is 4.88. The molecular formula is C39H28N2. The van der Waals surface area contributed by atoms with Crippen molar-refractivity contribution in [3.63, 3.8) is 0 Å². The van der Waals surface area contributed by atoms with E-state index in [1.165, 1.54) is 77.2 Å². The van der Waals surface area contributed by atoms with Crippen LogP contribution < -0.4 is 0 Å². The van der Waals surface area contributed by atoms with Crippen LogP contribution in [0.3, 0.4) is 0 Å². The van der Waals surface area contributed by atoms with Gasteiger partial charge in [0.2, 0.25) is 0 Å². The summed E-state index contributed by atoms with van der Waals surface area (Å²) in [5.41, 5.74) is 12.8. The van der Waals surface area contributed by atoms with Crippen LogP contribution in [0.4, 0.5) is 0 Å². The van der Waals surface area contributed by atoms with Crippen molar-refractivity contribution in [2.45, 2.75) is 19.3 Å². The first-order valence-corrected chi connectivity index (χ1v) is 14.4. The van der Waals surface area contributed by atoms with Crippen LogP contribution in [0.25, 0.3) is 66.1 Å². The molecule has 0 fully saturated rings. The molecule has 0 aliphatic heterocycles. The van der Waals surface area contributed by atoms with E-state index in [0.29, 0.717) is 0 Å². The Morgan fingerprint density at radius 3 is 1.54 bits per heavy atom. The SMILES string of the molecule is CC1(C)c2ccccc2-c2ccc3c4ccccc4n(-c4ccc(-n5c6ccccc6c6ccccc65)cc4)c3c21. The number of para-hydroxylation sites is 3. The molecule has 1 aliphatic rings. The number of hydrogen-bond acceptors (Lipinski definition) is 0. The van der Waals surface area contributed by atoms with Crippen molar-refractivity contribution in [3.05, 3.63) is 145 Å². The highest BCUT2D eigenvalue weighted by molar-refractivity contribution is 6.13. The average molecular weight is 525 g/mol. The third kappa shape index (κ3) is 2.92. The predicted molar refractivity (Wildman–Crippen MR) is 173 cm³/mol. The second-order valence-electron chi connectivity index (χ2n) is 11.8. The van der Waals surface area contributed by atoms with E-state index >= 15 is 0 Å². The van der Waals surface area contributed by atoms with Crippen molar-refractivity contribution >= 4 is 43.6 Å². The molecule has 194 valence electrons. The van der Waals surface area contributed by atoms with Gasteiger partial charge in [0.15, 0.2) is 0 Å². The maximum absolute atomic E-state index is 2.49. The second kappa shape index (κ2) is 7.99. The highest BCUT2D eigenvalue weighted by Crippen LogP contribution is 2.52. The number of fused-ring (bicyclic) bond motifs is 10. The molecule has 2 heteroatoms. The van der Waals surface area contributed by atoms with E-state index in [9.17, 15) is 0 Å². The predicted octanol–water partition coefficient (Wildman–Crippen LogP) is 10.2. The number of nitrogens with zero attached hydrogens (tertiary/aromatic N) is 2. The van der Waals surface area contributed by atoms with E-state index in [2.05, 4.69) is 156 Å². The van der Waals surface area contributed by atoms with Gasteiger partial charge in [0.1, 0.15) is 0 Å². The fourth-order valence-corrected chi connectivity index (χ4v) is 7.53. The highest BCUT2D eigenvalue weighted by Gasteiger charge is 2.38. The fraction of sp³-hybridized carbons (Fsp3) is 0.0769. The van der Waals surface area contributed by atoms with Crippen LogP contribution in [0.1, 0.15) is 25.0 Å². The molecule has 2 heterocycles. The van der Waals surface area contributed by atoms with Crippen molar-refractivity contribution in [3.8, 4) is 22.5 Å². The number of rotatable bonds is 2. The minimum absolute atomic E-state index is 0.0968. The lowest BCUT2D eigenvalue weighted by Crippen LogP contribution is -2.16. The zero-order chi connectivity index (χ0) is 27.3. The number of aromatic nitrogens is 2. The van der Waals surface area contributed by atoms with Crippen molar-refractivity contribution < 1.29 is 0 Å². The molecule has 0 N–H and O–H groups in total. The molecule has 0 amide bonds. The molecule has 0 saturated carbocycles.